The molecule has 0 radical (unpaired) electrons. The largest absolute Gasteiger partial charge is 0.483 e. The van der Waals surface area contributed by atoms with Gasteiger partial charge in [0.05, 0.1) is 4.90 Å². The van der Waals surface area contributed by atoms with Gasteiger partial charge in [0, 0.05) is 23.8 Å². The molecule has 0 aromatic heterocycles. The van der Waals surface area contributed by atoms with Gasteiger partial charge in [0.1, 0.15) is 5.75 Å². The van der Waals surface area contributed by atoms with Crippen molar-refractivity contribution in [3.63, 3.8) is 0 Å². The van der Waals surface area contributed by atoms with Crippen molar-refractivity contribution < 1.29 is 17.9 Å². The van der Waals surface area contributed by atoms with Crippen molar-refractivity contribution in [2.75, 3.05) is 13.7 Å². The molecular weight excluding hydrogens is 314 g/mol. The lowest BCUT2D eigenvalue weighted by Crippen LogP contribution is -2.33. The Morgan fingerprint density at radius 1 is 1.33 bits per heavy atom. The molecule has 2 rings (SSSR count). The first kappa shape index (κ1) is 16.1. The number of ether oxygens (including phenoxy) is 1. The van der Waals surface area contributed by atoms with Gasteiger partial charge in [-0.2, -0.15) is 0 Å². The number of nitrogens with zero attached hydrogens (tertiary/aromatic N) is 1. The van der Waals surface area contributed by atoms with Gasteiger partial charge in [-0.05, 0) is 49.9 Å². The van der Waals surface area contributed by atoms with E-state index in [1.807, 2.05) is 0 Å². The minimum absolute atomic E-state index is 0.0553. The topological polar surface area (TPSA) is 63.7 Å². The van der Waals surface area contributed by atoms with Crippen LogP contribution in [0.1, 0.15) is 24.0 Å². The van der Waals surface area contributed by atoms with Crippen LogP contribution in [0.25, 0.3) is 0 Å². The lowest BCUT2D eigenvalue weighted by atomic mass is 10.1. The van der Waals surface area contributed by atoms with Crippen LogP contribution in [0.15, 0.2) is 17.0 Å². The summed E-state index contributed by atoms with van der Waals surface area (Å²) in [6, 6.07) is 3.27. The summed E-state index contributed by atoms with van der Waals surface area (Å²) in [5.74, 6) is 0.415. The number of likely N-dealkylation sites (N-methyl/N-ethyl adjacent to an activating group) is 1. The first-order valence-electron chi connectivity index (χ1n) is 6.65. The number of rotatable bonds is 5. The molecule has 0 unspecified atom stereocenters. The van der Waals surface area contributed by atoms with Crippen molar-refractivity contribution in [3.8, 4) is 5.75 Å². The average molecular weight is 332 g/mol. The highest BCUT2D eigenvalue weighted by atomic mass is 35.7. The Hall–Kier alpha value is -1.27. The van der Waals surface area contributed by atoms with Crippen LogP contribution in [0.5, 0.6) is 5.75 Å². The van der Waals surface area contributed by atoms with Crippen molar-refractivity contribution in [2.24, 2.45) is 0 Å². The number of amides is 1. The molecule has 1 amide bonds. The van der Waals surface area contributed by atoms with Crippen molar-refractivity contribution in [2.45, 2.75) is 37.6 Å². The summed E-state index contributed by atoms with van der Waals surface area (Å²) in [6.45, 7) is 3.35. The highest BCUT2D eigenvalue weighted by molar-refractivity contribution is 8.13. The van der Waals surface area contributed by atoms with Crippen LogP contribution in [0.2, 0.25) is 0 Å². The Morgan fingerprint density at radius 3 is 2.48 bits per heavy atom. The van der Waals surface area contributed by atoms with E-state index < -0.39 is 9.05 Å². The SMILES string of the molecule is Cc1c(OCC(=O)N(C)C2CC2)ccc(S(=O)(=O)Cl)c1C. The number of hydrogen-bond acceptors (Lipinski definition) is 4. The van der Waals surface area contributed by atoms with Crippen molar-refractivity contribution in [1.82, 2.24) is 4.90 Å². The van der Waals surface area contributed by atoms with Gasteiger partial charge in [-0.3, -0.25) is 4.79 Å². The van der Waals surface area contributed by atoms with Crippen molar-refractivity contribution >= 4 is 25.6 Å². The van der Waals surface area contributed by atoms with E-state index in [0.717, 1.165) is 12.8 Å². The zero-order valence-electron chi connectivity index (χ0n) is 12.2. The predicted molar refractivity (Wildman–Crippen MR) is 80.2 cm³/mol. The number of halogens is 1. The zero-order chi connectivity index (χ0) is 15.8. The quantitative estimate of drug-likeness (QED) is 0.776. The van der Waals surface area contributed by atoms with E-state index in [-0.39, 0.29) is 17.4 Å². The molecule has 0 saturated heterocycles. The maximum absolute atomic E-state index is 11.9. The Kier molecular flexibility index (Phi) is 4.49. The molecule has 0 spiro atoms. The lowest BCUT2D eigenvalue weighted by molar-refractivity contribution is -0.132. The highest BCUT2D eigenvalue weighted by Gasteiger charge is 2.29. The molecular formula is C14H18ClNO4S. The maximum Gasteiger partial charge on any atom is 0.261 e. The Balaban J connectivity index is 2.11. The Morgan fingerprint density at radius 2 is 1.95 bits per heavy atom. The van der Waals surface area contributed by atoms with Crippen LogP contribution < -0.4 is 4.74 Å². The monoisotopic (exact) mass is 331 g/mol. The van der Waals surface area contributed by atoms with Gasteiger partial charge >= 0.3 is 0 Å². The van der Waals surface area contributed by atoms with Crippen LogP contribution in [-0.2, 0) is 13.8 Å². The summed E-state index contributed by atoms with van der Waals surface area (Å²) >= 11 is 0. The maximum atomic E-state index is 11.9. The van der Waals surface area contributed by atoms with E-state index in [1.165, 1.54) is 12.1 Å². The summed E-state index contributed by atoms with van der Waals surface area (Å²) < 4.78 is 28.4. The molecule has 21 heavy (non-hydrogen) atoms. The summed E-state index contributed by atoms with van der Waals surface area (Å²) in [5.41, 5.74) is 1.20. The lowest BCUT2D eigenvalue weighted by Gasteiger charge is -2.18. The summed E-state index contributed by atoms with van der Waals surface area (Å²) in [6.07, 6.45) is 2.09. The van der Waals surface area contributed by atoms with E-state index in [9.17, 15) is 13.2 Å². The molecule has 1 aliphatic rings. The van der Waals surface area contributed by atoms with E-state index >= 15 is 0 Å². The predicted octanol–water partition coefficient (Wildman–Crippen LogP) is 2.23. The third-order valence-electron chi connectivity index (χ3n) is 3.79. The first-order valence-corrected chi connectivity index (χ1v) is 8.96. The van der Waals surface area contributed by atoms with Gasteiger partial charge in [-0.15, -0.1) is 0 Å². The standard InChI is InChI=1S/C14H18ClNO4S/c1-9-10(2)13(21(15,18)19)7-6-12(9)20-8-14(17)16(3)11-4-5-11/h6-7,11H,4-5,8H2,1-3H3. The van der Waals surface area contributed by atoms with Crippen LogP contribution >= 0.6 is 10.7 Å². The van der Waals surface area contributed by atoms with Crippen molar-refractivity contribution in [1.29, 1.82) is 0 Å². The second-order valence-corrected chi connectivity index (χ2v) is 7.81. The second kappa shape index (κ2) is 5.85. The number of carbonyl (C=O) groups excluding carboxylic acids is 1. The Labute approximate surface area is 129 Å². The third kappa shape index (κ3) is 3.68. The van der Waals surface area contributed by atoms with E-state index in [4.69, 9.17) is 15.4 Å². The molecule has 5 nitrogen and oxygen atoms in total. The second-order valence-electron chi connectivity index (χ2n) is 5.27. The van der Waals surface area contributed by atoms with E-state index in [1.54, 1.807) is 25.8 Å². The molecule has 1 fully saturated rings. The van der Waals surface area contributed by atoms with Gasteiger partial charge in [0.15, 0.2) is 6.61 Å². The van der Waals surface area contributed by atoms with Gasteiger partial charge in [-0.25, -0.2) is 8.42 Å². The van der Waals surface area contributed by atoms with E-state index in [0.29, 0.717) is 22.9 Å². The van der Waals surface area contributed by atoms with Crippen LogP contribution in [0.4, 0.5) is 0 Å². The number of hydrogen-bond donors (Lipinski definition) is 0. The molecule has 0 N–H and O–H groups in total. The van der Waals surface area contributed by atoms with Crippen LogP contribution in [0.3, 0.4) is 0 Å². The highest BCUT2D eigenvalue weighted by Crippen LogP contribution is 2.29. The van der Waals surface area contributed by atoms with Crippen molar-refractivity contribution in [3.05, 3.63) is 23.3 Å². The molecule has 0 atom stereocenters. The summed E-state index contributed by atoms with van der Waals surface area (Å²) in [4.78, 5) is 13.7. The molecule has 0 heterocycles. The fourth-order valence-electron chi connectivity index (χ4n) is 2.10. The molecule has 1 aliphatic carbocycles. The fraction of sp³-hybridized carbons (Fsp3) is 0.500. The smallest absolute Gasteiger partial charge is 0.261 e. The molecule has 0 aliphatic heterocycles. The molecule has 7 heteroatoms. The van der Waals surface area contributed by atoms with Gasteiger partial charge in [0.2, 0.25) is 0 Å². The zero-order valence-corrected chi connectivity index (χ0v) is 13.8. The van der Waals surface area contributed by atoms with Gasteiger partial charge in [0.25, 0.3) is 15.0 Å². The molecule has 1 saturated carbocycles. The van der Waals surface area contributed by atoms with Crippen LogP contribution in [-0.4, -0.2) is 38.9 Å². The molecule has 116 valence electrons. The molecule has 1 aromatic carbocycles. The fourth-order valence-corrected chi connectivity index (χ4v) is 3.35. The minimum atomic E-state index is -3.78. The molecule has 0 bridgehead atoms. The normalized spacial score (nSPS) is 14.9. The van der Waals surface area contributed by atoms with Crippen LogP contribution in [0, 0.1) is 13.8 Å². The summed E-state index contributed by atoms with van der Waals surface area (Å²) in [5, 5.41) is 0. The third-order valence-corrected chi connectivity index (χ3v) is 5.26. The van der Waals surface area contributed by atoms with Gasteiger partial charge in [-0.1, -0.05) is 0 Å². The summed E-state index contributed by atoms with van der Waals surface area (Å²) in [7, 11) is 3.36. The number of benzene rings is 1. The minimum Gasteiger partial charge on any atom is -0.483 e. The number of carbonyl (C=O) groups is 1. The van der Waals surface area contributed by atoms with E-state index in [2.05, 4.69) is 0 Å². The first-order chi connectivity index (χ1) is 9.71. The van der Waals surface area contributed by atoms with Gasteiger partial charge < -0.3 is 9.64 Å². The average Bonchev–Trinajstić information content (AvgIpc) is 3.22. The molecule has 1 aromatic rings. The Bertz CT molecular complexity index is 668.